The molecular formula is C24H28O4. The Kier molecular flexibility index (Phi) is 8.99. The van der Waals surface area contributed by atoms with Gasteiger partial charge in [0.05, 0.1) is 6.61 Å². The summed E-state index contributed by atoms with van der Waals surface area (Å²) in [5.41, 5.74) is 2.94. The van der Waals surface area contributed by atoms with Gasteiger partial charge in [0.15, 0.2) is 0 Å². The van der Waals surface area contributed by atoms with Crippen LogP contribution in [0.2, 0.25) is 0 Å². The van der Waals surface area contributed by atoms with Gasteiger partial charge >= 0.3 is 11.9 Å². The maximum atomic E-state index is 11.8. The molecule has 4 nitrogen and oxygen atoms in total. The van der Waals surface area contributed by atoms with E-state index in [1.807, 2.05) is 44.2 Å². The molecule has 4 heteroatoms. The second-order valence-electron chi connectivity index (χ2n) is 6.69. The van der Waals surface area contributed by atoms with Crippen molar-refractivity contribution < 1.29 is 19.1 Å². The monoisotopic (exact) mass is 380 g/mol. The summed E-state index contributed by atoms with van der Waals surface area (Å²) in [6.45, 7) is 4.30. The van der Waals surface area contributed by atoms with Crippen LogP contribution < -0.4 is 4.74 Å². The summed E-state index contributed by atoms with van der Waals surface area (Å²) in [6, 6.07) is 15.6. The fourth-order valence-electron chi connectivity index (χ4n) is 2.69. The van der Waals surface area contributed by atoms with Gasteiger partial charge in [-0.3, -0.25) is 4.79 Å². The molecule has 2 aromatic rings. The van der Waals surface area contributed by atoms with Crippen molar-refractivity contribution in [3.63, 3.8) is 0 Å². The molecule has 28 heavy (non-hydrogen) atoms. The highest BCUT2D eigenvalue weighted by Crippen LogP contribution is 2.20. The lowest BCUT2D eigenvalue weighted by molar-refractivity contribution is -0.138. The zero-order chi connectivity index (χ0) is 20.2. The van der Waals surface area contributed by atoms with Crippen molar-refractivity contribution in [1.29, 1.82) is 0 Å². The lowest BCUT2D eigenvalue weighted by Crippen LogP contribution is -2.08. The standard InChI is InChI=1S/C24H28O4/c1-3-4-12-24(26)28-22-15-13-21(18-19(22)2)14-16-23(25)27-17-8-11-20-9-6-5-7-10-20/h5-7,9-10,13-16,18H,3-4,8,11-12,17H2,1-2H3/b16-14+. The smallest absolute Gasteiger partial charge is 0.330 e. The summed E-state index contributed by atoms with van der Waals surface area (Å²) in [6.07, 6.45) is 7.01. The van der Waals surface area contributed by atoms with Crippen molar-refractivity contribution in [3.8, 4) is 5.75 Å². The van der Waals surface area contributed by atoms with Gasteiger partial charge in [0.1, 0.15) is 5.75 Å². The number of carbonyl (C=O) groups excluding carboxylic acids is 2. The summed E-state index contributed by atoms with van der Waals surface area (Å²) in [7, 11) is 0. The number of hydrogen-bond acceptors (Lipinski definition) is 4. The Hall–Kier alpha value is -2.88. The fourth-order valence-corrected chi connectivity index (χ4v) is 2.69. The van der Waals surface area contributed by atoms with Crippen molar-refractivity contribution in [2.75, 3.05) is 6.61 Å². The normalized spacial score (nSPS) is 10.8. The Balaban J connectivity index is 1.77. The molecule has 0 aliphatic heterocycles. The number of ether oxygens (including phenoxy) is 2. The van der Waals surface area contributed by atoms with E-state index >= 15 is 0 Å². The first-order valence-electron chi connectivity index (χ1n) is 9.78. The molecule has 0 radical (unpaired) electrons. The van der Waals surface area contributed by atoms with Gasteiger partial charge in [0.25, 0.3) is 0 Å². The Morgan fingerprint density at radius 3 is 2.54 bits per heavy atom. The molecule has 0 spiro atoms. The first kappa shape index (κ1) is 21.4. The molecule has 0 bridgehead atoms. The Bertz CT molecular complexity index is 794. The number of hydrogen-bond donors (Lipinski definition) is 0. The number of aryl methyl sites for hydroxylation is 2. The molecule has 0 aliphatic carbocycles. The van der Waals surface area contributed by atoms with E-state index < -0.39 is 0 Å². The fraction of sp³-hybridized carbons (Fsp3) is 0.333. The van der Waals surface area contributed by atoms with Crippen molar-refractivity contribution in [1.82, 2.24) is 0 Å². The van der Waals surface area contributed by atoms with Crippen molar-refractivity contribution in [2.24, 2.45) is 0 Å². The molecule has 0 unspecified atom stereocenters. The van der Waals surface area contributed by atoms with Gasteiger partial charge in [-0.1, -0.05) is 49.7 Å². The number of benzene rings is 2. The molecule has 0 fully saturated rings. The van der Waals surface area contributed by atoms with E-state index in [4.69, 9.17) is 9.47 Å². The van der Waals surface area contributed by atoms with E-state index in [2.05, 4.69) is 12.1 Å². The highest BCUT2D eigenvalue weighted by Gasteiger charge is 2.07. The molecular weight excluding hydrogens is 352 g/mol. The van der Waals surface area contributed by atoms with Gasteiger partial charge in [-0.05, 0) is 61.1 Å². The van der Waals surface area contributed by atoms with Gasteiger partial charge in [-0.2, -0.15) is 0 Å². The molecule has 0 heterocycles. The lowest BCUT2D eigenvalue weighted by Gasteiger charge is -2.08. The van der Waals surface area contributed by atoms with Crippen molar-refractivity contribution in [3.05, 3.63) is 71.3 Å². The maximum Gasteiger partial charge on any atom is 0.330 e. The molecule has 2 aromatic carbocycles. The second-order valence-corrected chi connectivity index (χ2v) is 6.69. The third-order valence-electron chi connectivity index (χ3n) is 4.27. The van der Waals surface area contributed by atoms with E-state index in [9.17, 15) is 9.59 Å². The quantitative estimate of drug-likeness (QED) is 0.244. The summed E-state index contributed by atoms with van der Waals surface area (Å²) in [4.78, 5) is 23.6. The first-order chi connectivity index (χ1) is 13.6. The van der Waals surface area contributed by atoms with Crippen LogP contribution in [0.25, 0.3) is 6.08 Å². The van der Waals surface area contributed by atoms with Gasteiger partial charge in [0.2, 0.25) is 0 Å². The highest BCUT2D eigenvalue weighted by atomic mass is 16.5. The average Bonchev–Trinajstić information content (AvgIpc) is 2.70. The predicted molar refractivity (Wildman–Crippen MR) is 111 cm³/mol. The van der Waals surface area contributed by atoms with Crippen LogP contribution in [0.3, 0.4) is 0 Å². The minimum atomic E-state index is -0.360. The lowest BCUT2D eigenvalue weighted by atomic mass is 10.1. The Labute approximate surface area is 167 Å². The van der Waals surface area contributed by atoms with Crippen LogP contribution in [-0.2, 0) is 20.7 Å². The Morgan fingerprint density at radius 1 is 1.04 bits per heavy atom. The summed E-state index contributed by atoms with van der Waals surface area (Å²) in [5.74, 6) is -0.0187. The highest BCUT2D eigenvalue weighted by molar-refractivity contribution is 5.87. The SMILES string of the molecule is CCCCC(=O)Oc1ccc(/C=C/C(=O)OCCCc2ccccc2)cc1C. The van der Waals surface area contributed by atoms with Crippen LogP contribution in [-0.4, -0.2) is 18.5 Å². The molecule has 0 aromatic heterocycles. The van der Waals surface area contributed by atoms with Crippen LogP contribution in [0.5, 0.6) is 5.75 Å². The molecule has 0 N–H and O–H groups in total. The number of carbonyl (C=O) groups is 2. The zero-order valence-corrected chi connectivity index (χ0v) is 16.6. The van der Waals surface area contributed by atoms with E-state index in [0.717, 1.165) is 36.8 Å². The Morgan fingerprint density at radius 2 is 1.82 bits per heavy atom. The molecule has 0 aliphatic rings. The van der Waals surface area contributed by atoms with Crippen LogP contribution in [0.4, 0.5) is 0 Å². The van der Waals surface area contributed by atoms with Gasteiger partial charge < -0.3 is 9.47 Å². The average molecular weight is 380 g/mol. The zero-order valence-electron chi connectivity index (χ0n) is 16.6. The second kappa shape index (κ2) is 11.8. The largest absolute Gasteiger partial charge is 0.463 e. The molecule has 0 saturated heterocycles. The van der Waals surface area contributed by atoms with Crippen LogP contribution in [0, 0.1) is 6.92 Å². The number of esters is 2. The van der Waals surface area contributed by atoms with E-state index in [-0.39, 0.29) is 11.9 Å². The summed E-state index contributed by atoms with van der Waals surface area (Å²) >= 11 is 0. The summed E-state index contributed by atoms with van der Waals surface area (Å²) < 4.78 is 10.6. The van der Waals surface area contributed by atoms with Crippen LogP contribution in [0.1, 0.15) is 49.3 Å². The third-order valence-corrected chi connectivity index (χ3v) is 4.27. The minimum absolute atomic E-state index is 0.215. The van der Waals surface area contributed by atoms with Crippen LogP contribution >= 0.6 is 0 Å². The number of rotatable bonds is 10. The summed E-state index contributed by atoms with van der Waals surface area (Å²) in [5, 5.41) is 0. The molecule has 0 atom stereocenters. The molecule has 2 rings (SSSR count). The van der Waals surface area contributed by atoms with Crippen molar-refractivity contribution >= 4 is 18.0 Å². The van der Waals surface area contributed by atoms with Gasteiger partial charge in [0, 0.05) is 12.5 Å². The minimum Gasteiger partial charge on any atom is -0.463 e. The van der Waals surface area contributed by atoms with Gasteiger partial charge in [-0.25, -0.2) is 4.79 Å². The maximum absolute atomic E-state index is 11.8. The van der Waals surface area contributed by atoms with E-state index in [1.165, 1.54) is 11.6 Å². The number of unbranched alkanes of at least 4 members (excludes halogenated alkanes) is 1. The van der Waals surface area contributed by atoms with Crippen molar-refractivity contribution in [2.45, 2.75) is 46.0 Å². The molecule has 0 amide bonds. The van der Waals surface area contributed by atoms with Crippen LogP contribution in [0.15, 0.2) is 54.6 Å². The van der Waals surface area contributed by atoms with Gasteiger partial charge in [-0.15, -0.1) is 0 Å². The van der Waals surface area contributed by atoms with E-state index in [1.54, 1.807) is 12.1 Å². The van der Waals surface area contributed by atoms with E-state index in [0.29, 0.717) is 18.8 Å². The molecule has 0 saturated carbocycles. The topological polar surface area (TPSA) is 52.6 Å². The third kappa shape index (κ3) is 7.78. The predicted octanol–water partition coefficient (Wildman–Crippen LogP) is 5.28. The molecule has 148 valence electrons. The first-order valence-corrected chi connectivity index (χ1v) is 9.78.